The highest BCUT2D eigenvalue weighted by Gasteiger charge is 2.12. The lowest BCUT2D eigenvalue weighted by Crippen LogP contribution is -2.33. The van der Waals surface area contributed by atoms with E-state index in [2.05, 4.69) is 25.6 Å². The Balaban J connectivity index is 1.58. The monoisotopic (exact) mass is 269 g/mol. The summed E-state index contributed by atoms with van der Waals surface area (Å²) in [7, 11) is 0. The zero-order chi connectivity index (χ0) is 13.6. The van der Waals surface area contributed by atoms with E-state index in [1.165, 1.54) is 12.8 Å². The van der Waals surface area contributed by atoms with Crippen LogP contribution in [0.25, 0.3) is 11.3 Å². The molecule has 1 atom stereocenters. The molecule has 0 bridgehead atoms. The standard InChI is InChI=1S/C15H19N5/c1-2-7-17-14(5-1)13-10-19-15(20-11-13)18-9-12-4-3-6-16-8-12/h1-2,5,7,10-12,16H,3-4,6,8-9H2,(H,18,19,20). The van der Waals surface area contributed by atoms with Crippen LogP contribution in [-0.4, -0.2) is 34.6 Å². The van der Waals surface area contributed by atoms with E-state index >= 15 is 0 Å². The molecule has 2 aromatic rings. The third kappa shape index (κ3) is 3.30. The number of piperidine rings is 1. The summed E-state index contributed by atoms with van der Waals surface area (Å²) in [6.45, 7) is 3.15. The third-order valence-corrected chi connectivity index (χ3v) is 3.56. The van der Waals surface area contributed by atoms with Crippen molar-refractivity contribution in [2.45, 2.75) is 12.8 Å². The molecule has 3 rings (SSSR count). The summed E-state index contributed by atoms with van der Waals surface area (Å²) in [5.41, 5.74) is 1.84. The first-order chi connectivity index (χ1) is 9.92. The van der Waals surface area contributed by atoms with Crippen LogP contribution in [0.1, 0.15) is 12.8 Å². The Morgan fingerprint density at radius 1 is 1.20 bits per heavy atom. The molecule has 1 fully saturated rings. The number of nitrogens with one attached hydrogen (secondary N) is 2. The van der Waals surface area contributed by atoms with Crippen molar-refractivity contribution >= 4 is 5.95 Å². The number of pyridine rings is 1. The first kappa shape index (κ1) is 13.0. The van der Waals surface area contributed by atoms with Crippen molar-refractivity contribution in [2.24, 2.45) is 5.92 Å². The van der Waals surface area contributed by atoms with E-state index in [4.69, 9.17) is 0 Å². The highest BCUT2D eigenvalue weighted by atomic mass is 15.1. The molecular weight excluding hydrogens is 250 g/mol. The van der Waals surface area contributed by atoms with Crippen LogP contribution in [0, 0.1) is 5.92 Å². The summed E-state index contributed by atoms with van der Waals surface area (Å²) in [4.78, 5) is 13.0. The third-order valence-electron chi connectivity index (χ3n) is 3.56. The summed E-state index contributed by atoms with van der Waals surface area (Å²) < 4.78 is 0. The van der Waals surface area contributed by atoms with Crippen molar-refractivity contribution in [3.63, 3.8) is 0 Å². The van der Waals surface area contributed by atoms with Gasteiger partial charge in [0, 0.05) is 30.7 Å². The molecule has 1 aliphatic rings. The molecule has 0 spiro atoms. The van der Waals surface area contributed by atoms with Crippen LogP contribution in [0.15, 0.2) is 36.8 Å². The molecule has 0 aromatic carbocycles. The average molecular weight is 269 g/mol. The zero-order valence-corrected chi connectivity index (χ0v) is 11.4. The van der Waals surface area contributed by atoms with E-state index in [0.29, 0.717) is 11.9 Å². The number of hydrogen-bond donors (Lipinski definition) is 2. The highest BCUT2D eigenvalue weighted by molar-refractivity contribution is 5.56. The number of anilines is 1. The van der Waals surface area contributed by atoms with Gasteiger partial charge in [0.1, 0.15) is 0 Å². The minimum absolute atomic E-state index is 0.669. The quantitative estimate of drug-likeness (QED) is 0.888. The fraction of sp³-hybridized carbons (Fsp3) is 0.400. The molecular formula is C15H19N5. The average Bonchev–Trinajstić information content (AvgIpc) is 2.55. The number of aromatic nitrogens is 3. The Morgan fingerprint density at radius 2 is 2.10 bits per heavy atom. The van der Waals surface area contributed by atoms with Crippen LogP contribution in [-0.2, 0) is 0 Å². The fourth-order valence-electron chi connectivity index (χ4n) is 2.42. The predicted octanol–water partition coefficient (Wildman–Crippen LogP) is 1.95. The fourth-order valence-corrected chi connectivity index (χ4v) is 2.42. The largest absolute Gasteiger partial charge is 0.354 e. The first-order valence-electron chi connectivity index (χ1n) is 7.10. The summed E-state index contributed by atoms with van der Waals surface area (Å²) in [6, 6.07) is 5.82. The van der Waals surface area contributed by atoms with Gasteiger partial charge >= 0.3 is 0 Å². The van der Waals surface area contributed by atoms with Crippen molar-refractivity contribution < 1.29 is 0 Å². The lowest BCUT2D eigenvalue weighted by molar-refractivity contribution is 0.392. The second-order valence-corrected chi connectivity index (χ2v) is 5.10. The van der Waals surface area contributed by atoms with E-state index < -0.39 is 0 Å². The maximum absolute atomic E-state index is 4.36. The number of rotatable bonds is 4. The number of hydrogen-bond acceptors (Lipinski definition) is 5. The van der Waals surface area contributed by atoms with E-state index in [-0.39, 0.29) is 0 Å². The van der Waals surface area contributed by atoms with Crippen molar-refractivity contribution in [2.75, 3.05) is 25.0 Å². The Morgan fingerprint density at radius 3 is 2.80 bits per heavy atom. The van der Waals surface area contributed by atoms with Crippen LogP contribution in [0.2, 0.25) is 0 Å². The summed E-state index contributed by atoms with van der Waals surface area (Å²) in [5, 5.41) is 6.72. The lowest BCUT2D eigenvalue weighted by Gasteiger charge is -2.22. The molecule has 2 aromatic heterocycles. The maximum atomic E-state index is 4.36. The molecule has 0 amide bonds. The summed E-state index contributed by atoms with van der Waals surface area (Å²) in [5.74, 6) is 1.36. The zero-order valence-electron chi connectivity index (χ0n) is 11.4. The molecule has 5 heteroatoms. The van der Waals surface area contributed by atoms with Crippen molar-refractivity contribution in [1.82, 2.24) is 20.3 Å². The van der Waals surface area contributed by atoms with Gasteiger partial charge in [-0.25, -0.2) is 9.97 Å². The van der Waals surface area contributed by atoms with Crippen molar-refractivity contribution in [1.29, 1.82) is 0 Å². The number of nitrogens with zero attached hydrogens (tertiary/aromatic N) is 3. The Labute approximate surface area is 118 Å². The topological polar surface area (TPSA) is 62.7 Å². The molecule has 1 saturated heterocycles. The van der Waals surface area contributed by atoms with Gasteiger partial charge in [0.15, 0.2) is 0 Å². The Kier molecular flexibility index (Phi) is 4.18. The van der Waals surface area contributed by atoms with Gasteiger partial charge in [-0.05, 0) is 44.0 Å². The highest BCUT2D eigenvalue weighted by Crippen LogP contribution is 2.15. The Hall–Kier alpha value is -2.01. The van der Waals surface area contributed by atoms with Crippen LogP contribution >= 0.6 is 0 Å². The molecule has 3 heterocycles. The smallest absolute Gasteiger partial charge is 0.222 e. The molecule has 104 valence electrons. The predicted molar refractivity (Wildman–Crippen MR) is 79.3 cm³/mol. The molecule has 1 aliphatic heterocycles. The van der Waals surface area contributed by atoms with Gasteiger partial charge in [-0.2, -0.15) is 0 Å². The van der Waals surface area contributed by atoms with Crippen LogP contribution in [0.4, 0.5) is 5.95 Å². The van der Waals surface area contributed by atoms with Crippen molar-refractivity contribution in [3.05, 3.63) is 36.8 Å². The normalized spacial score (nSPS) is 18.7. The summed E-state index contributed by atoms with van der Waals surface area (Å²) >= 11 is 0. The second kappa shape index (κ2) is 6.43. The second-order valence-electron chi connectivity index (χ2n) is 5.10. The van der Waals surface area contributed by atoms with E-state index in [1.807, 2.05) is 30.6 Å². The van der Waals surface area contributed by atoms with Crippen LogP contribution in [0.5, 0.6) is 0 Å². The Bertz CT molecular complexity index is 520. The first-order valence-corrected chi connectivity index (χ1v) is 7.10. The molecule has 1 unspecified atom stereocenters. The molecule has 0 aliphatic carbocycles. The van der Waals surface area contributed by atoms with Gasteiger partial charge in [-0.3, -0.25) is 4.98 Å². The maximum Gasteiger partial charge on any atom is 0.222 e. The van der Waals surface area contributed by atoms with E-state index in [1.54, 1.807) is 6.20 Å². The minimum atomic E-state index is 0.669. The van der Waals surface area contributed by atoms with Gasteiger partial charge < -0.3 is 10.6 Å². The summed E-state index contributed by atoms with van der Waals surface area (Å²) in [6.07, 6.45) is 7.93. The van der Waals surface area contributed by atoms with Gasteiger partial charge in [0.05, 0.1) is 5.69 Å². The van der Waals surface area contributed by atoms with Crippen LogP contribution in [0.3, 0.4) is 0 Å². The molecule has 2 N–H and O–H groups in total. The molecule has 0 radical (unpaired) electrons. The molecule has 0 saturated carbocycles. The van der Waals surface area contributed by atoms with Gasteiger partial charge in [0.25, 0.3) is 0 Å². The van der Waals surface area contributed by atoms with Gasteiger partial charge in [0.2, 0.25) is 5.95 Å². The molecule has 5 nitrogen and oxygen atoms in total. The molecule has 20 heavy (non-hydrogen) atoms. The van der Waals surface area contributed by atoms with E-state index in [0.717, 1.165) is 30.9 Å². The van der Waals surface area contributed by atoms with Crippen LogP contribution < -0.4 is 10.6 Å². The van der Waals surface area contributed by atoms with Crippen molar-refractivity contribution in [3.8, 4) is 11.3 Å². The van der Waals surface area contributed by atoms with Gasteiger partial charge in [-0.15, -0.1) is 0 Å². The van der Waals surface area contributed by atoms with E-state index in [9.17, 15) is 0 Å². The van der Waals surface area contributed by atoms with Gasteiger partial charge in [-0.1, -0.05) is 6.07 Å². The minimum Gasteiger partial charge on any atom is -0.354 e. The lowest BCUT2D eigenvalue weighted by atomic mass is 10.00. The SMILES string of the molecule is c1ccc(-c2cnc(NCC3CCCNC3)nc2)nc1.